The Labute approximate surface area is 156 Å². The van der Waals surface area contributed by atoms with Crippen molar-refractivity contribution in [1.29, 1.82) is 0 Å². The second-order valence-corrected chi connectivity index (χ2v) is 7.24. The molecule has 2 aromatic rings. The number of benzene rings is 2. The van der Waals surface area contributed by atoms with E-state index in [0.29, 0.717) is 5.11 Å². The Bertz CT molecular complexity index is 705. The van der Waals surface area contributed by atoms with Gasteiger partial charge in [-0.05, 0) is 80.7 Å². The predicted molar refractivity (Wildman–Crippen MR) is 111 cm³/mol. The van der Waals surface area contributed by atoms with Crippen molar-refractivity contribution in [1.82, 2.24) is 5.32 Å². The smallest absolute Gasteiger partial charge is 0.171 e. The molecular formula is C21H27N3S. The molecule has 1 fully saturated rings. The van der Waals surface area contributed by atoms with E-state index in [4.69, 9.17) is 12.2 Å². The lowest BCUT2D eigenvalue weighted by Gasteiger charge is -2.29. The molecular weight excluding hydrogens is 326 g/mol. The molecule has 2 aromatic carbocycles. The monoisotopic (exact) mass is 353 g/mol. The molecule has 0 spiro atoms. The summed E-state index contributed by atoms with van der Waals surface area (Å²) >= 11 is 5.45. The van der Waals surface area contributed by atoms with E-state index in [1.807, 2.05) is 12.1 Å². The Morgan fingerprint density at radius 3 is 2.44 bits per heavy atom. The summed E-state index contributed by atoms with van der Waals surface area (Å²) in [6.45, 7) is 6.57. The quantitative estimate of drug-likeness (QED) is 0.754. The number of thiocarbonyl (C=S) groups is 1. The Morgan fingerprint density at radius 2 is 1.76 bits per heavy atom. The van der Waals surface area contributed by atoms with Crippen LogP contribution in [0.15, 0.2) is 48.5 Å². The van der Waals surface area contributed by atoms with Gasteiger partial charge in [-0.1, -0.05) is 24.3 Å². The average molecular weight is 354 g/mol. The highest BCUT2D eigenvalue weighted by Crippen LogP contribution is 2.22. The zero-order chi connectivity index (χ0) is 17.6. The van der Waals surface area contributed by atoms with Crippen LogP contribution in [0.4, 0.5) is 11.4 Å². The van der Waals surface area contributed by atoms with E-state index in [-0.39, 0.29) is 6.04 Å². The zero-order valence-electron chi connectivity index (χ0n) is 15.1. The Hall–Kier alpha value is -2.07. The van der Waals surface area contributed by atoms with Crippen molar-refractivity contribution in [3.8, 4) is 0 Å². The van der Waals surface area contributed by atoms with E-state index in [0.717, 1.165) is 5.69 Å². The molecule has 0 aliphatic carbocycles. The van der Waals surface area contributed by atoms with Crippen LogP contribution in [-0.2, 0) is 0 Å². The van der Waals surface area contributed by atoms with E-state index in [2.05, 4.69) is 65.8 Å². The number of nitrogens with zero attached hydrogens (tertiary/aromatic N) is 1. The molecule has 0 saturated carbocycles. The first-order valence-corrected chi connectivity index (χ1v) is 9.52. The summed E-state index contributed by atoms with van der Waals surface area (Å²) < 4.78 is 0. The third kappa shape index (κ3) is 4.95. The standard InChI is InChI=1S/C21H27N3S/c1-16-7-6-8-19(15-16)23-21(25)22-17(2)18-9-11-20(12-10-18)24-13-4-3-5-14-24/h6-12,15,17H,3-5,13-14H2,1-2H3,(H2,22,23,25)/t17-/m1/s1. The lowest BCUT2D eigenvalue weighted by Crippen LogP contribution is -2.31. The first-order chi connectivity index (χ1) is 12.1. The lowest BCUT2D eigenvalue weighted by atomic mass is 10.1. The summed E-state index contributed by atoms with van der Waals surface area (Å²) in [7, 11) is 0. The van der Waals surface area contributed by atoms with Crippen molar-refractivity contribution < 1.29 is 0 Å². The summed E-state index contributed by atoms with van der Waals surface area (Å²) in [6, 6.07) is 17.3. The van der Waals surface area contributed by atoms with Gasteiger partial charge >= 0.3 is 0 Å². The molecule has 1 heterocycles. The van der Waals surface area contributed by atoms with Crippen LogP contribution in [0.5, 0.6) is 0 Å². The minimum absolute atomic E-state index is 0.167. The van der Waals surface area contributed by atoms with Crippen molar-refractivity contribution in [3.63, 3.8) is 0 Å². The maximum absolute atomic E-state index is 5.45. The topological polar surface area (TPSA) is 27.3 Å². The normalized spacial score (nSPS) is 15.5. The summed E-state index contributed by atoms with van der Waals surface area (Å²) in [5.41, 5.74) is 4.81. The van der Waals surface area contributed by atoms with Gasteiger partial charge in [0.1, 0.15) is 0 Å². The van der Waals surface area contributed by atoms with Crippen LogP contribution >= 0.6 is 12.2 Å². The molecule has 0 bridgehead atoms. The highest BCUT2D eigenvalue weighted by molar-refractivity contribution is 7.80. The summed E-state index contributed by atoms with van der Waals surface area (Å²) in [4.78, 5) is 2.48. The number of anilines is 2. The van der Waals surface area contributed by atoms with Gasteiger partial charge in [-0.15, -0.1) is 0 Å². The van der Waals surface area contributed by atoms with E-state index in [9.17, 15) is 0 Å². The van der Waals surface area contributed by atoms with Gasteiger partial charge in [-0.2, -0.15) is 0 Å². The van der Waals surface area contributed by atoms with Crippen molar-refractivity contribution in [3.05, 3.63) is 59.7 Å². The predicted octanol–water partition coefficient (Wildman–Crippen LogP) is 5.03. The van der Waals surface area contributed by atoms with Gasteiger partial charge in [-0.25, -0.2) is 0 Å². The minimum atomic E-state index is 0.167. The minimum Gasteiger partial charge on any atom is -0.372 e. The number of piperidine rings is 1. The van der Waals surface area contributed by atoms with E-state index >= 15 is 0 Å². The fourth-order valence-corrected chi connectivity index (χ4v) is 3.59. The van der Waals surface area contributed by atoms with Gasteiger partial charge in [0.15, 0.2) is 5.11 Å². The second kappa shape index (κ2) is 8.34. The Kier molecular flexibility index (Phi) is 5.92. The molecule has 0 aromatic heterocycles. The average Bonchev–Trinajstić information content (AvgIpc) is 2.62. The second-order valence-electron chi connectivity index (χ2n) is 6.83. The third-order valence-electron chi connectivity index (χ3n) is 4.74. The molecule has 1 aliphatic heterocycles. The maximum atomic E-state index is 5.45. The van der Waals surface area contributed by atoms with Crippen LogP contribution in [0.25, 0.3) is 0 Å². The molecule has 4 heteroatoms. The summed E-state index contributed by atoms with van der Waals surface area (Å²) in [5, 5.41) is 7.28. The molecule has 3 rings (SSSR count). The van der Waals surface area contributed by atoms with Crippen LogP contribution < -0.4 is 15.5 Å². The lowest BCUT2D eigenvalue weighted by molar-refractivity contribution is 0.577. The number of nitrogens with one attached hydrogen (secondary N) is 2. The molecule has 3 nitrogen and oxygen atoms in total. The number of hydrogen-bond acceptors (Lipinski definition) is 2. The highest BCUT2D eigenvalue weighted by atomic mass is 32.1. The molecule has 2 N–H and O–H groups in total. The van der Waals surface area contributed by atoms with Crippen molar-refractivity contribution in [2.24, 2.45) is 0 Å². The van der Waals surface area contributed by atoms with Crippen LogP contribution in [0.3, 0.4) is 0 Å². The molecule has 1 atom stereocenters. The van der Waals surface area contributed by atoms with E-state index < -0.39 is 0 Å². The van der Waals surface area contributed by atoms with Crippen molar-refractivity contribution in [2.45, 2.75) is 39.2 Å². The number of rotatable bonds is 4. The van der Waals surface area contributed by atoms with Crippen molar-refractivity contribution >= 4 is 28.7 Å². The Morgan fingerprint density at radius 1 is 1.04 bits per heavy atom. The first-order valence-electron chi connectivity index (χ1n) is 9.11. The van der Waals surface area contributed by atoms with Gasteiger partial charge in [0, 0.05) is 24.5 Å². The molecule has 1 aliphatic rings. The Balaban J connectivity index is 1.57. The van der Waals surface area contributed by atoms with Gasteiger partial charge in [0.2, 0.25) is 0 Å². The van der Waals surface area contributed by atoms with Crippen LogP contribution in [0.1, 0.15) is 43.4 Å². The number of aryl methyl sites for hydroxylation is 1. The van der Waals surface area contributed by atoms with E-state index in [1.165, 1.54) is 49.2 Å². The molecule has 1 saturated heterocycles. The highest BCUT2D eigenvalue weighted by Gasteiger charge is 2.12. The molecule has 132 valence electrons. The van der Waals surface area contributed by atoms with Crippen LogP contribution in [0, 0.1) is 6.92 Å². The van der Waals surface area contributed by atoms with Crippen LogP contribution in [0.2, 0.25) is 0 Å². The first kappa shape index (κ1) is 17.7. The summed E-state index contributed by atoms with van der Waals surface area (Å²) in [5.74, 6) is 0. The zero-order valence-corrected chi connectivity index (χ0v) is 15.9. The van der Waals surface area contributed by atoms with Gasteiger partial charge in [0.25, 0.3) is 0 Å². The van der Waals surface area contributed by atoms with Gasteiger partial charge in [-0.3, -0.25) is 0 Å². The number of hydrogen-bond donors (Lipinski definition) is 2. The molecule has 25 heavy (non-hydrogen) atoms. The fraction of sp³-hybridized carbons (Fsp3) is 0.381. The largest absolute Gasteiger partial charge is 0.372 e. The maximum Gasteiger partial charge on any atom is 0.171 e. The van der Waals surface area contributed by atoms with Crippen LogP contribution in [-0.4, -0.2) is 18.2 Å². The van der Waals surface area contributed by atoms with Crippen molar-refractivity contribution in [2.75, 3.05) is 23.3 Å². The SMILES string of the molecule is Cc1cccc(NC(=S)N[C@H](C)c2ccc(N3CCCCC3)cc2)c1. The molecule has 0 radical (unpaired) electrons. The van der Waals surface area contributed by atoms with Gasteiger partial charge < -0.3 is 15.5 Å². The van der Waals surface area contributed by atoms with Gasteiger partial charge in [0.05, 0.1) is 6.04 Å². The summed E-state index contributed by atoms with van der Waals surface area (Å²) in [6.07, 6.45) is 3.97. The fourth-order valence-electron chi connectivity index (χ4n) is 3.30. The third-order valence-corrected chi connectivity index (χ3v) is 4.96. The van der Waals surface area contributed by atoms with E-state index in [1.54, 1.807) is 0 Å². The molecule has 0 amide bonds. The molecule has 0 unspecified atom stereocenters.